The maximum atomic E-state index is 11.9. The smallest absolute Gasteiger partial charge is 0.316 e. The van der Waals surface area contributed by atoms with Crippen LogP contribution in [0.5, 0.6) is 0 Å². The monoisotopic (exact) mass is 176 g/mol. The predicted molar refractivity (Wildman–Crippen MR) is 41.4 cm³/mol. The molecule has 0 bridgehead atoms. The Hall–Kier alpha value is -0.930. The third-order valence-electron chi connectivity index (χ3n) is 1.50. The topological polar surface area (TPSA) is 43.4 Å². The Bertz CT molecular complexity index is 168. The molecule has 0 aliphatic heterocycles. The maximum Gasteiger partial charge on any atom is 0.316 e. The van der Waals surface area contributed by atoms with Crippen LogP contribution in [-0.4, -0.2) is 25.0 Å². The summed E-state index contributed by atoms with van der Waals surface area (Å²) in [5.74, 6) is -2.24. The van der Waals surface area contributed by atoms with Crippen LogP contribution < -0.4 is 0 Å². The molecule has 0 aliphatic rings. The van der Waals surface area contributed by atoms with Crippen LogP contribution in [0.3, 0.4) is 0 Å². The van der Waals surface area contributed by atoms with Crippen molar-refractivity contribution in [3.8, 4) is 0 Å². The van der Waals surface area contributed by atoms with E-state index >= 15 is 0 Å². The number of alkyl halides is 1. The van der Waals surface area contributed by atoms with E-state index in [0.29, 0.717) is 6.42 Å². The summed E-state index contributed by atoms with van der Waals surface area (Å²) in [5, 5.41) is 0. The average Bonchev–Trinajstić information content (AvgIpc) is 2.06. The van der Waals surface area contributed by atoms with Gasteiger partial charge in [-0.15, -0.1) is 0 Å². The van der Waals surface area contributed by atoms with Crippen LogP contribution in [0.2, 0.25) is 0 Å². The number of rotatable bonds is 5. The van der Waals surface area contributed by atoms with Crippen LogP contribution >= 0.6 is 0 Å². The van der Waals surface area contributed by atoms with Crippen LogP contribution in [-0.2, 0) is 14.3 Å². The third kappa shape index (κ3) is 2.98. The summed E-state index contributed by atoms with van der Waals surface area (Å²) < 4.78 is 16.5. The zero-order valence-electron chi connectivity index (χ0n) is 7.30. The summed E-state index contributed by atoms with van der Waals surface area (Å²) >= 11 is 0. The summed E-state index contributed by atoms with van der Waals surface area (Å²) in [6.07, 6.45) is 0.293. The molecular formula is C8H13FO3. The highest BCUT2D eigenvalue weighted by molar-refractivity contribution is 5.99. The summed E-state index contributed by atoms with van der Waals surface area (Å²) in [6, 6.07) is 0. The number of halogens is 1. The average molecular weight is 176 g/mol. The highest BCUT2D eigenvalue weighted by Gasteiger charge is 2.25. The minimum atomic E-state index is -1.10. The number of carbonyl (C=O) groups is 2. The molecule has 70 valence electrons. The molecular weight excluding hydrogens is 163 g/mol. The van der Waals surface area contributed by atoms with Gasteiger partial charge in [-0.3, -0.25) is 9.59 Å². The standard InChI is InChI=1S/C8H13FO3/c1-3-6(7(10)5-9)8(11)12-4-2/h6H,3-5H2,1-2H3. The molecule has 0 fully saturated rings. The number of Topliss-reactive ketones (excluding diaryl/α,β-unsaturated/α-hetero) is 1. The second-order valence-electron chi connectivity index (χ2n) is 2.31. The van der Waals surface area contributed by atoms with E-state index in [-0.39, 0.29) is 6.61 Å². The first-order chi connectivity index (χ1) is 5.67. The normalized spacial score (nSPS) is 12.2. The van der Waals surface area contributed by atoms with Gasteiger partial charge in [0.25, 0.3) is 0 Å². The molecule has 0 aliphatic carbocycles. The fourth-order valence-electron chi connectivity index (χ4n) is 0.862. The van der Waals surface area contributed by atoms with Crippen molar-refractivity contribution in [1.82, 2.24) is 0 Å². The Morgan fingerprint density at radius 3 is 2.33 bits per heavy atom. The van der Waals surface area contributed by atoms with E-state index in [2.05, 4.69) is 4.74 Å². The van der Waals surface area contributed by atoms with Crippen molar-refractivity contribution in [1.29, 1.82) is 0 Å². The summed E-state index contributed by atoms with van der Waals surface area (Å²) in [4.78, 5) is 21.7. The maximum absolute atomic E-state index is 11.9. The minimum absolute atomic E-state index is 0.217. The third-order valence-corrected chi connectivity index (χ3v) is 1.50. The zero-order chi connectivity index (χ0) is 9.56. The minimum Gasteiger partial charge on any atom is -0.465 e. The van der Waals surface area contributed by atoms with E-state index in [1.807, 2.05) is 0 Å². The molecule has 0 radical (unpaired) electrons. The highest BCUT2D eigenvalue weighted by atomic mass is 19.1. The van der Waals surface area contributed by atoms with Crippen LogP contribution in [0.25, 0.3) is 0 Å². The van der Waals surface area contributed by atoms with Gasteiger partial charge >= 0.3 is 5.97 Å². The lowest BCUT2D eigenvalue weighted by Gasteiger charge is -2.09. The molecule has 0 N–H and O–H groups in total. The number of ketones is 1. The second-order valence-corrected chi connectivity index (χ2v) is 2.31. The van der Waals surface area contributed by atoms with Gasteiger partial charge in [0.1, 0.15) is 12.6 Å². The highest BCUT2D eigenvalue weighted by Crippen LogP contribution is 2.07. The number of ether oxygens (including phenoxy) is 1. The van der Waals surface area contributed by atoms with E-state index in [1.54, 1.807) is 13.8 Å². The van der Waals surface area contributed by atoms with Crippen molar-refractivity contribution in [2.75, 3.05) is 13.3 Å². The van der Waals surface area contributed by atoms with Crippen LogP contribution in [0.1, 0.15) is 20.3 Å². The van der Waals surface area contributed by atoms with Crippen LogP contribution in [0.15, 0.2) is 0 Å². The van der Waals surface area contributed by atoms with E-state index in [9.17, 15) is 14.0 Å². The molecule has 0 spiro atoms. The van der Waals surface area contributed by atoms with Crippen molar-refractivity contribution in [2.24, 2.45) is 5.92 Å². The van der Waals surface area contributed by atoms with Crippen molar-refractivity contribution in [3.05, 3.63) is 0 Å². The van der Waals surface area contributed by atoms with E-state index < -0.39 is 24.3 Å². The van der Waals surface area contributed by atoms with Crippen molar-refractivity contribution < 1.29 is 18.7 Å². The molecule has 0 saturated heterocycles. The van der Waals surface area contributed by atoms with Gasteiger partial charge in [-0.05, 0) is 13.3 Å². The largest absolute Gasteiger partial charge is 0.465 e. The Morgan fingerprint density at radius 2 is 2.00 bits per heavy atom. The number of esters is 1. The van der Waals surface area contributed by atoms with Crippen LogP contribution in [0, 0.1) is 5.92 Å². The summed E-state index contributed by atoms with van der Waals surface area (Å²) in [5.41, 5.74) is 0. The molecule has 0 aromatic carbocycles. The molecule has 0 amide bonds. The first-order valence-electron chi connectivity index (χ1n) is 3.92. The lowest BCUT2D eigenvalue weighted by molar-refractivity contribution is -0.151. The SMILES string of the molecule is CCOC(=O)C(CC)C(=O)CF. The van der Waals surface area contributed by atoms with Crippen molar-refractivity contribution in [3.63, 3.8) is 0 Å². The Labute approximate surface area is 70.9 Å². The molecule has 0 saturated carbocycles. The molecule has 3 nitrogen and oxygen atoms in total. The molecule has 1 unspecified atom stereocenters. The number of carbonyl (C=O) groups excluding carboxylic acids is 2. The molecule has 0 heterocycles. The van der Waals surface area contributed by atoms with Gasteiger partial charge in [0.2, 0.25) is 0 Å². The van der Waals surface area contributed by atoms with Gasteiger partial charge in [0.05, 0.1) is 6.61 Å². The molecule has 0 rings (SSSR count). The predicted octanol–water partition coefficient (Wildman–Crippen LogP) is 1.11. The van der Waals surface area contributed by atoms with Crippen molar-refractivity contribution in [2.45, 2.75) is 20.3 Å². The second kappa shape index (κ2) is 5.69. The first kappa shape index (κ1) is 11.1. The molecule has 0 aromatic heterocycles. The fourth-order valence-corrected chi connectivity index (χ4v) is 0.862. The fraction of sp³-hybridized carbons (Fsp3) is 0.750. The molecule has 4 heteroatoms. The Morgan fingerprint density at radius 1 is 1.42 bits per heavy atom. The summed E-state index contributed by atoms with van der Waals surface area (Å²) in [6.45, 7) is 2.41. The Balaban J connectivity index is 4.14. The van der Waals surface area contributed by atoms with Gasteiger partial charge in [-0.25, -0.2) is 4.39 Å². The van der Waals surface area contributed by atoms with Gasteiger partial charge in [0.15, 0.2) is 5.78 Å². The van der Waals surface area contributed by atoms with Crippen LogP contribution in [0.4, 0.5) is 4.39 Å². The van der Waals surface area contributed by atoms with Gasteiger partial charge in [0, 0.05) is 0 Å². The van der Waals surface area contributed by atoms with E-state index in [4.69, 9.17) is 0 Å². The number of hydrogen-bond donors (Lipinski definition) is 0. The summed E-state index contributed by atoms with van der Waals surface area (Å²) in [7, 11) is 0. The molecule has 1 atom stereocenters. The van der Waals surface area contributed by atoms with E-state index in [1.165, 1.54) is 0 Å². The van der Waals surface area contributed by atoms with Gasteiger partial charge < -0.3 is 4.74 Å². The van der Waals surface area contributed by atoms with Gasteiger partial charge in [-0.2, -0.15) is 0 Å². The number of hydrogen-bond acceptors (Lipinski definition) is 3. The van der Waals surface area contributed by atoms with E-state index in [0.717, 1.165) is 0 Å². The van der Waals surface area contributed by atoms with Gasteiger partial charge in [-0.1, -0.05) is 6.92 Å². The Kier molecular flexibility index (Phi) is 5.25. The first-order valence-corrected chi connectivity index (χ1v) is 3.92. The lowest BCUT2D eigenvalue weighted by Crippen LogP contribution is -2.26. The molecule has 0 aromatic rings. The zero-order valence-corrected chi connectivity index (χ0v) is 7.30. The quantitative estimate of drug-likeness (QED) is 0.465. The molecule has 12 heavy (non-hydrogen) atoms. The lowest BCUT2D eigenvalue weighted by atomic mass is 10.0. The van der Waals surface area contributed by atoms with Crippen molar-refractivity contribution >= 4 is 11.8 Å².